The lowest BCUT2D eigenvalue weighted by Gasteiger charge is -2.36. The number of benzene rings is 2. The van der Waals surface area contributed by atoms with Crippen molar-refractivity contribution in [3.05, 3.63) is 41.5 Å². The molecule has 1 heterocycles. The molecule has 38 heavy (non-hydrogen) atoms. The number of ether oxygens (including phenoxy) is 4. The van der Waals surface area contributed by atoms with Crippen molar-refractivity contribution in [1.82, 2.24) is 9.80 Å². The Bertz CT molecular complexity index is 1200. The van der Waals surface area contributed by atoms with E-state index in [0.29, 0.717) is 31.1 Å². The van der Waals surface area contributed by atoms with Gasteiger partial charge in [0.1, 0.15) is 17.4 Å². The molecule has 2 aromatic carbocycles. The van der Waals surface area contributed by atoms with Gasteiger partial charge in [-0.2, -0.15) is 5.26 Å². The Kier molecular flexibility index (Phi) is 8.75. The van der Waals surface area contributed by atoms with Crippen molar-refractivity contribution in [2.45, 2.75) is 64.3 Å². The first kappa shape index (κ1) is 27.7. The minimum absolute atomic E-state index is 0.0760. The number of nitrogens with zero attached hydrogens (tertiary/aromatic N) is 3. The van der Waals surface area contributed by atoms with Crippen molar-refractivity contribution in [3.63, 3.8) is 0 Å². The summed E-state index contributed by atoms with van der Waals surface area (Å²) in [5.41, 5.74) is 0.637. The summed E-state index contributed by atoms with van der Waals surface area (Å²) >= 11 is 0. The number of nitriles is 1. The van der Waals surface area contributed by atoms with Crippen LogP contribution in [-0.4, -0.2) is 79.6 Å². The fourth-order valence-electron chi connectivity index (χ4n) is 4.59. The number of amides is 2. The highest BCUT2D eigenvalue weighted by molar-refractivity contribution is 5.94. The molecular formula is C29H37N3O6. The Morgan fingerprint density at radius 3 is 2.58 bits per heavy atom. The molecule has 2 aliphatic rings. The van der Waals surface area contributed by atoms with Crippen molar-refractivity contribution < 1.29 is 28.5 Å². The van der Waals surface area contributed by atoms with Crippen LogP contribution in [0.4, 0.5) is 4.79 Å². The monoisotopic (exact) mass is 523 g/mol. The van der Waals surface area contributed by atoms with E-state index in [0.717, 1.165) is 35.6 Å². The van der Waals surface area contributed by atoms with E-state index in [-0.39, 0.29) is 31.6 Å². The smallest absolute Gasteiger partial charge is 0.410 e. The molecule has 1 aliphatic heterocycles. The summed E-state index contributed by atoms with van der Waals surface area (Å²) in [4.78, 5) is 29.7. The first-order valence-corrected chi connectivity index (χ1v) is 13.2. The molecule has 9 heteroatoms. The summed E-state index contributed by atoms with van der Waals surface area (Å²) in [5, 5.41) is 11.8. The van der Waals surface area contributed by atoms with E-state index in [1.165, 1.54) is 4.90 Å². The van der Waals surface area contributed by atoms with E-state index in [1.54, 1.807) is 12.0 Å². The lowest BCUT2D eigenvalue weighted by molar-refractivity contribution is -0.150. The molecule has 0 aromatic heterocycles. The van der Waals surface area contributed by atoms with Crippen molar-refractivity contribution >= 4 is 22.8 Å². The number of methoxy groups -OCH3 is 1. The van der Waals surface area contributed by atoms with Gasteiger partial charge in [0.15, 0.2) is 6.10 Å². The molecule has 0 N–H and O–H groups in total. The second kappa shape index (κ2) is 12.0. The maximum Gasteiger partial charge on any atom is 0.410 e. The SMILES string of the molecule is COCCCOc1cc(CN(C(=O)[C@H]2CN(C(=O)OC(C)(C)C)CCO2)C2CC2)c(C#N)c2ccccc12. The van der Waals surface area contributed by atoms with Crippen LogP contribution in [0.2, 0.25) is 0 Å². The standard InChI is InChI=1S/C29H37N3O6/c1-29(2,3)38-28(34)31-12-15-37-26(19-31)27(33)32(21-10-11-21)18-20-16-25(36-14-7-13-35-4)23-9-6-5-8-22(23)24(20)17-30/h5-6,8-9,16,21,26H,7,10-15,18-19H2,1-4H3/t26-/m1/s1. The fourth-order valence-corrected chi connectivity index (χ4v) is 4.59. The average Bonchev–Trinajstić information content (AvgIpc) is 3.74. The minimum atomic E-state index is -0.785. The zero-order chi connectivity index (χ0) is 27.3. The second-order valence-corrected chi connectivity index (χ2v) is 10.7. The van der Waals surface area contributed by atoms with Crippen LogP contribution in [0.3, 0.4) is 0 Å². The fraction of sp³-hybridized carbons (Fsp3) is 0.552. The van der Waals surface area contributed by atoms with E-state index in [4.69, 9.17) is 18.9 Å². The largest absolute Gasteiger partial charge is 0.493 e. The van der Waals surface area contributed by atoms with Gasteiger partial charge in [-0.3, -0.25) is 4.79 Å². The number of rotatable bonds is 9. The number of hydrogen-bond donors (Lipinski definition) is 0. The highest BCUT2D eigenvalue weighted by Crippen LogP contribution is 2.35. The molecule has 1 saturated carbocycles. The van der Waals surface area contributed by atoms with Crippen LogP contribution >= 0.6 is 0 Å². The van der Waals surface area contributed by atoms with Crippen molar-refractivity contribution in [3.8, 4) is 11.8 Å². The van der Waals surface area contributed by atoms with Gasteiger partial charge in [0, 0.05) is 50.0 Å². The zero-order valence-electron chi connectivity index (χ0n) is 22.7. The Balaban J connectivity index is 1.57. The summed E-state index contributed by atoms with van der Waals surface area (Å²) < 4.78 is 22.6. The lowest BCUT2D eigenvalue weighted by Crippen LogP contribution is -2.53. The van der Waals surface area contributed by atoms with E-state index >= 15 is 0 Å². The molecule has 1 aliphatic carbocycles. The van der Waals surface area contributed by atoms with Crippen molar-refractivity contribution in [2.24, 2.45) is 0 Å². The highest BCUT2D eigenvalue weighted by atomic mass is 16.6. The van der Waals surface area contributed by atoms with Gasteiger partial charge >= 0.3 is 6.09 Å². The van der Waals surface area contributed by atoms with Gasteiger partial charge in [-0.15, -0.1) is 0 Å². The molecule has 4 rings (SSSR count). The van der Waals surface area contributed by atoms with Crippen molar-refractivity contribution in [1.29, 1.82) is 5.26 Å². The van der Waals surface area contributed by atoms with Gasteiger partial charge in [-0.1, -0.05) is 24.3 Å². The molecule has 0 unspecified atom stereocenters. The number of hydrogen-bond acceptors (Lipinski definition) is 7. The molecule has 0 spiro atoms. The molecule has 9 nitrogen and oxygen atoms in total. The molecule has 1 atom stereocenters. The molecule has 0 bridgehead atoms. The van der Waals surface area contributed by atoms with E-state index in [9.17, 15) is 14.9 Å². The topological polar surface area (TPSA) is 101 Å². The van der Waals surface area contributed by atoms with Crippen molar-refractivity contribution in [2.75, 3.05) is 40.0 Å². The van der Waals surface area contributed by atoms with Gasteiger partial charge in [0.2, 0.25) is 0 Å². The third-order valence-corrected chi connectivity index (χ3v) is 6.56. The second-order valence-electron chi connectivity index (χ2n) is 10.7. The number of carbonyl (C=O) groups is 2. The quantitative estimate of drug-likeness (QED) is 0.453. The molecule has 2 amide bonds. The maximum atomic E-state index is 13.7. The number of carbonyl (C=O) groups excluding carboxylic acids is 2. The predicted octanol–water partition coefficient (Wildman–Crippen LogP) is 4.25. The Hall–Kier alpha value is -3.35. The van der Waals surface area contributed by atoms with Gasteiger partial charge in [-0.05, 0) is 45.2 Å². The third-order valence-electron chi connectivity index (χ3n) is 6.56. The van der Waals surface area contributed by atoms with Crippen LogP contribution < -0.4 is 4.74 Å². The Morgan fingerprint density at radius 2 is 1.92 bits per heavy atom. The molecular weight excluding hydrogens is 486 g/mol. The predicted molar refractivity (Wildman–Crippen MR) is 142 cm³/mol. The molecule has 1 saturated heterocycles. The third kappa shape index (κ3) is 6.74. The Labute approximate surface area is 224 Å². The first-order valence-electron chi connectivity index (χ1n) is 13.2. The summed E-state index contributed by atoms with van der Waals surface area (Å²) in [5.74, 6) is 0.499. The van der Waals surface area contributed by atoms with Crippen LogP contribution in [0.5, 0.6) is 5.75 Å². The summed E-state index contributed by atoms with van der Waals surface area (Å²) in [6, 6.07) is 12.0. The average molecular weight is 524 g/mol. The molecule has 2 fully saturated rings. The van der Waals surface area contributed by atoms with E-state index < -0.39 is 17.8 Å². The van der Waals surface area contributed by atoms with Crippen LogP contribution in [0.1, 0.15) is 51.2 Å². The molecule has 0 radical (unpaired) electrons. The van der Waals surface area contributed by atoms with Gasteiger partial charge in [-0.25, -0.2) is 4.79 Å². The summed E-state index contributed by atoms with van der Waals surface area (Å²) in [7, 11) is 1.65. The minimum Gasteiger partial charge on any atom is -0.493 e. The summed E-state index contributed by atoms with van der Waals surface area (Å²) in [6.07, 6.45) is 1.29. The van der Waals surface area contributed by atoms with E-state index in [2.05, 4.69) is 6.07 Å². The number of fused-ring (bicyclic) bond motifs is 1. The van der Waals surface area contributed by atoms with Gasteiger partial charge in [0.25, 0.3) is 5.91 Å². The summed E-state index contributed by atoms with van der Waals surface area (Å²) in [6.45, 7) is 7.53. The van der Waals surface area contributed by atoms with E-state index in [1.807, 2.05) is 51.1 Å². The van der Waals surface area contributed by atoms with Crippen LogP contribution in [0.15, 0.2) is 30.3 Å². The van der Waals surface area contributed by atoms with Crippen LogP contribution in [0.25, 0.3) is 10.8 Å². The number of morpholine rings is 1. The zero-order valence-corrected chi connectivity index (χ0v) is 22.7. The van der Waals surface area contributed by atoms with Crippen LogP contribution in [-0.2, 0) is 25.5 Å². The van der Waals surface area contributed by atoms with Gasteiger partial charge < -0.3 is 28.7 Å². The molecule has 204 valence electrons. The molecule has 2 aromatic rings. The normalized spacial score (nSPS) is 17.7. The maximum absolute atomic E-state index is 13.7. The Morgan fingerprint density at radius 1 is 1.18 bits per heavy atom. The van der Waals surface area contributed by atoms with Crippen LogP contribution in [0, 0.1) is 11.3 Å². The first-order chi connectivity index (χ1) is 18.2. The highest BCUT2D eigenvalue weighted by Gasteiger charge is 2.40. The van der Waals surface area contributed by atoms with Gasteiger partial charge in [0.05, 0.1) is 25.3 Å². The lowest BCUT2D eigenvalue weighted by atomic mass is 9.98.